The highest BCUT2D eigenvalue weighted by atomic mass is 16.5. The molecule has 102 valence electrons. The molecule has 1 atom stereocenters. The smallest absolute Gasteiger partial charge is 0.0730 e. The fourth-order valence-electron chi connectivity index (χ4n) is 1.56. The van der Waals surface area contributed by atoms with Crippen LogP contribution in [0, 0.1) is 0 Å². The molecule has 3 nitrogen and oxygen atoms in total. The molecule has 0 aromatic heterocycles. The largest absolute Gasteiger partial charge is 0.383 e. The molecule has 0 heterocycles. The fraction of sp³-hybridized carbons (Fsp3) is 0.533. The summed E-state index contributed by atoms with van der Waals surface area (Å²) in [6.07, 6.45) is 5.87. The van der Waals surface area contributed by atoms with E-state index in [1.165, 1.54) is 0 Å². The maximum Gasteiger partial charge on any atom is 0.0730 e. The molecule has 0 fully saturated rings. The molecule has 0 aliphatic rings. The number of hydrogen-bond donors (Lipinski definition) is 0. The van der Waals surface area contributed by atoms with Crippen LogP contribution in [0.25, 0.3) is 0 Å². The van der Waals surface area contributed by atoms with E-state index in [1.807, 2.05) is 26.8 Å². The quantitative estimate of drug-likeness (QED) is 0.377. The van der Waals surface area contributed by atoms with E-state index < -0.39 is 0 Å². The van der Waals surface area contributed by atoms with Crippen LogP contribution in [0.4, 0.5) is 0 Å². The Bertz CT molecular complexity index is 340. The van der Waals surface area contributed by atoms with E-state index in [1.54, 1.807) is 20.3 Å². The van der Waals surface area contributed by atoms with Crippen molar-refractivity contribution in [2.45, 2.75) is 26.9 Å². The van der Waals surface area contributed by atoms with Gasteiger partial charge in [-0.05, 0) is 31.9 Å². The van der Waals surface area contributed by atoms with Gasteiger partial charge in [-0.1, -0.05) is 24.8 Å². The van der Waals surface area contributed by atoms with Gasteiger partial charge in [-0.25, -0.2) is 0 Å². The summed E-state index contributed by atoms with van der Waals surface area (Å²) in [5.74, 6) is 0. The summed E-state index contributed by atoms with van der Waals surface area (Å²) < 4.78 is 10.3. The minimum absolute atomic E-state index is 0.0779. The van der Waals surface area contributed by atoms with Gasteiger partial charge in [0.2, 0.25) is 0 Å². The van der Waals surface area contributed by atoms with Gasteiger partial charge in [0.25, 0.3) is 0 Å². The molecule has 0 aromatic carbocycles. The van der Waals surface area contributed by atoms with Crippen molar-refractivity contribution in [3.8, 4) is 0 Å². The van der Waals surface area contributed by atoms with Gasteiger partial charge < -0.3 is 9.47 Å². The number of methoxy groups -OCH3 is 2. The predicted octanol–water partition coefficient (Wildman–Crippen LogP) is 3.19. The number of aliphatic imine (C=N–C) groups is 1. The maximum absolute atomic E-state index is 5.24. The highest BCUT2D eigenvalue weighted by Gasteiger charge is 2.06. The number of rotatable bonds is 8. The predicted molar refractivity (Wildman–Crippen MR) is 78.4 cm³/mol. The van der Waals surface area contributed by atoms with Gasteiger partial charge in [-0.15, -0.1) is 0 Å². The third-order valence-electron chi connectivity index (χ3n) is 2.54. The molecule has 0 radical (unpaired) electrons. The second kappa shape index (κ2) is 9.80. The lowest BCUT2D eigenvalue weighted by atomic mass is 10.0. The van der Waals surface area contributed by atoms with Gasteiger partial charge in [0.05, 0.1) is 25.0 Å². The third kappa shape index (κ3) is 6.52. The Labute approximate surface area is 111 Å². The Balaban J connectivity index is 5.08. The molecule has 18 heavy (non-hydrogen) atoms. The number of allylic oxidation sites excluding steroid dienone is 4. The van der Waals surface area contributed by atoms with Crippen LogP contribution in [0.15, 0.2) is 40.9 Å². The third-order valence-corrected chi connectivity index (χ3v) is 2.54. The molecule has 0 aliphatic carbocycles. The van der Waals surface area contributed by atoms with Crippen molar-refractivity contribution in [2.75, 3.05) is 27.4 Å². The Morgan fingerprint density at radius 1 is 1.28 bits per heavy atom. The van der Waals surface area contributed by atoms with Gasteiger partial charge in [-0.2, -0.15) is 0 Å². The van der Waals surface area contributed by atoms with E-state index in [-0.39, 0.29) is 6.10 Å². The highest BCUT2D eigenvalue weighted by molar-refractivity contribution is 6.11. The maximum atomic E-state index is 5.24. The summed E-state index contributed by atoms with van der Waals surface area (Å²) in [7, 11) is 3.37. The van der Waals surface area contributed by atoms with E-state index in [2.05, 4.69) is 17.6 Å². The van der Waals surface area contributed by atoms with Gasteiger partial charge in [0, 0.05) is 14.2 Å². The van der Waals surface area contributed by atoms with E-state index in [4.69, 9.17) is 9.47 Å². The minimum atomic E-state index is 0.0779. The Morgan fingerprint density at radius 2 is 1.94 bits per heavy atom. The van der Waals surface area contributed by atoms with Crippen LogP contribution in [-0.4, -0.2) is 39.2 Å². The van der Waals surface area contributed by atoms with Gasteiger partial charge in [-0.3, -0.25) is 4.99 Å². The van der Waals surface area contributed by atoms with Crippen LogP contribution < -0.4 is 0 Å². The second-order valence-electron chi connectivity index (χ2n) is 4.10. The van der Waals surface area contributed by atoms with E-state index in [9.17, 15) is 0 Å². The number of hydrogen-bond acceptors (Lipinski definition) is 3. The standard InChI is InChI=1S/C15H25NO2/c1-7-8-12(2)15(16-9-10-17-5)13(3)11-14(4)18-6/h7-8,11,14H,1,9-10H2,2-6H3/b12-8+,13-11?,16-15?. The molecule has 3 heteroatoms. The molecule has 1 unspecified atom stereocenters. The zero-order chi connectivity index (χ0) is 14.0. The molecule has 0 aromatic rings. The summed E-state index contributed by atoms with van der Waals surface area (Å²) >= 11 is 0. The Hall–Kier alpha value is -1.19. The summed E-state index contributed by atoms with van der Waals surface area (Å²) in [5.41, 5.74) is 3.19. The SMILES string of the molecule is C=C/C=C(\C)C(=NCCOC)C(C)=CC(C)OC. The van der Waals surface area contributed by atoms with Crippen LogP contribution in [0.5, 0.6) is 0 Å². The first-order chi connectivity index (χ1) is 8.56. The van der Waals surface area contributed by atoms with Crippen LogP contribution in [0.2, 0.25) is 0 Å². The van der Waals surface area contributed by atoms with Crippen molar-refractivity contribution in [3.63, 3.8) is 0 Å². The zero-order valence-corrected chi connectivity index (χ0v) is 12.2. The van der Waals surface area contributed by atoms with E-state index in [0.29, 0.717) is 13.2 Å². The summed E-state index contributed by atoms with van der Waals surface area (Å²) in [6.45, 7) is 11.1. The average molecular weight is 251 g/mol. The first-order valence-electron chi connectivity index (χ1n) is 6.11. The Kier molecular flexibility index (Phi) is 9.15. The van der Waals surface area contributed by atoms with Crippen molar-refractivity contribution >= 4 is 5.71 Å². The van der Waals surface area contributed by atoms with Crippen molar-refractivity contribution in [3.05, 3.63) is 36.0 Å². The molecule has 0 N–H and O–H groups in total. The highest BCUT2D eigenvalue weighted by Crippen LogP contribution is 2.10. The summed E-state index contributed by atoms with van der Waals surface area (Å²) in [6, 6.07) is 0. The van der Waals surface area contributed by atoms with Crippen LogP contribution in [0.1, 0.15) is 20.8 Å². The molecule has 0 amide bonds. The number of nitrogens with zero attached hydrogens (tertiary/aromatic N) is 1. The lowest BCUT2D eigenvalue weighted by Crippen LogP contribution is -2.09. The molecule has 0 aliphatic heterocycles. The summed E-state index contributed by atoms with van der Waals surface area (Å²) in [5, 5.41) is 0. The van der Waals surface area contributed by atoms with Gasteiger partial charge in [0.15, 0.2) is 0 Å². The topological polar surface area (TPSA) is 30.8 Å². The lowest BCUT2D eigenvalue weighted by molar-refractivity contribution is 0.156. The second-order valence-corrected chi connectivity index (χ2v) is 4.10. The van der Waals surface area contributed by atoms with Crippen molar-refractivity contribution in [2.24, 2.45) is 4.99 Å². The van der Waals surface area contributed by atoms with E-state index in [0.717, 1.165) is 16.9 Å². The monoisotopic (exact) mass is 251 g/mol. The van der Waals surface area contributed by atoms with E-state index >= 15 is 0 Å². The fourth-order valence-corrected chi connectivity index (χ4v) is 1.56. The van der Waals surface area contributed by atoms with Crippen molar-refractivity contribution in [1.29, 1.82) is 0 Å². The van der Waals surface area contributed by atoms with Crippen molar-refractivity contribution in [1.82, 2.24) is 0 Å². The van der Waals surface area contributed by atoms with Gasteiger partial charge >= 0.3 is 0 Å². The minimum Gasteiger partial charge on any atom is -0.383 e. The lowest BCUT2D eigenvalue weighted by Gasteiger charge is -2.11. The number of ether oxygens (including phenoxy) is 2. The molecular formula is C15H25NO2. The van der Waals surface area contributed by atoms with Crippen LogP contribution in [0.3, 0.4) is 0 Å². The van der Waals surface area contributed by atoms with Crippen LogP contribution >= 0.6 is 0 Å². The Morgan fingerprint density at radius 3 is 2.44 bits per heavy atom. The average Bonchev–Trinajstić information content (AvgIpc) is 2.34. The van der Waals surface area contributed by atoms with Gasteiger partial charge in [0.1, 0.15) is 0 Å². The molecule has 0 saturated carbocycles. The first-order valence-corrected chi connectivity index (χ1v) is 6.11. The summed E-state index contributed by atoms with van der Waals surface area (Å²) in [4.78, 5) is 4.57. The molecule has 0 rings (SSSR count). The first kappa shape index (κ1) is 16.8. The molecule has 0 saturated heterocycles. The molecule has 0 spiro atoms. The van der Waals surface area contributed by atoms with Crippen molar-refractivity contribution < 1.29 is 9.47 Å². The normalized spacial score (nSPS) is 15.7. The molecular weight excluding hydrogens is 226 g/mol. The zero-order valence-electron chi connectivity index (χ0n) is 12.2. The van der Waals surface area contributed by atoms with Crippen LogP contribution in [-0.2, 0) is 9.47 Å². The molecule has 0 bridgehead atoms.